The average Bonchev–Trinajstić information content (AvgIpc) is 2.42. The van der Waals surface area contributed by atoms with Gasteiger partial charge in [-0.1, -0.05) is 42.6 Å². The summed E-state index contributed by atoms with van der Waals surface area (Å²) in [5.41, 5.74) is 0.384. The Labute approximate surface area is 147 Å². The first-order valence-corrected chi connectivity index (χ1v) is 8.30. The Morgan fingerprint density at radius 2 is 1.74 bits per heavy atom. The van der Waals surface area contributed by atoms with E-state index in [2.05, 4.69) is 17.6 Å². The van der Waals surface area contributed by atoms with Gasteiger partial charge in [-0.15, -0.1) is 0 Å². The second-order valence-corrected chi connectivity index (χ2v) is 6.39. The van der Waals surface area contributed by atoms with Gasteiger partial charge in [0.1, 0.15) is 0 Å². The first kappa shape index (κ1) is 19.7. The Hall–Kier alpha value is -1.30. The number of halogens is 2. The van der Waals surface area contributed by atoms with Crippen molar-refractivity contribution in [3.05, 3.63) is 28.2 Å². The molecule has 1 aromatic carbocycles. The number of rotatable bonds is 8. The maximum Gasteiger partial charge on any atom is 0.238 e. The van der Waals surface area contributed by atoms with Gasteiger partial charge in [-0.2, -0.15) is 0 Å². The summed E-state index contributed by atoms with van der Waals surface area (Å²) in [5.74, 6) is -0.381. The van der Waals surface area contributed by atoms with Gasteiger partial charge in [-0.05, 0) is 32.5 Å². The predicted octanol–water partition coefficient (Wildman–Crippen LogP) is 3.17. The number of likely N-dealkylation sites (N-methyl/N-ethyl adjacent to an activating group) is 1. The first-order valence-electron chi connectivity index (χ1n) is 7.55. The minimum atomic E-state index is -0.281. The molecule has 0 aliphatic carbocycles. The largest absolute Gasteiger partial charge is 0.353 e. The monoisotopic (exact) mass is 359 g/mol. The standard InChI is InChI=1S/C16H23Cl2N3O2/c1-4-6-11(2)19-14(22)9-21(3)10-15(23)20-16-12(17)7-5-8-13(16)18/h5,7-8,11H,4,6,9-10H2,1-3H3,(H,19,22)(H,20,23). The number of benzene rings is 1. The highest BCUT2D eigenvalue weighted by Gasteiger charge is 2.14. The summed E-state index contributed by atoms with van der Waals surface area (Å²) >= 11 is 12.0. The molecule has 1 rings (SSSR count). The van der Waals surface area contributed by atoms with Gasteiger partial charge in [-0.25, -0.2) is 0 Å². The zero-order valence-electron chi connectivity index (χ0n) is 13.7. The zero-order chi connectivity index (χ0) is 17.4. The van der Waals surface area contributed by atoms with Crippen molar-refractivity contribution in [2.45, 2.75) is 32.7 Å². The van der Waals surface area contributed by atoms with E-state index in [1.807, 2.05) is 6.92 Å². The molecule has 0 aromatic heterocycles. The van der Waals surface area contributed by atoms with Crippen molar-refractivity contribution in [1.29, 1.82) is 0 Å². The Kier molecular flexibility index (Phi) is 8.37. The molecule has 0 aliphatic rings. The maximum atomic E-state index is 12.0. The molecule has 128 valence electrons. The molecule has 0 heterocycles. The van der Waals surface area contributed by atoms with E-state index in [0.717, 1.165) is 12.8 Å². The molecule has 0 aliphatic heterocycles. The van der Waals surface area contributed by atoms with Gasteiger partial charge in [0.25, 0.3) is 0 Å². The number of hydrogen-bond acceptors (Lipinski definition) is 3. The van der Waals surface area contributed by atoms with Crippen LogP contribution in [0.3, 0.4) is 0 Å². The van der Waals surface area contributed by atoms with Gasteiger partial charge in [0, 0.05) is 6.04 Å². The molecule has 0 bridgehead atoms. The average molecular weight is 360 g/mol. The summed E-state index contributed by atoms with van der Waals surface area (Å²) in [4.78, 5) is 25.5. The number of para-hydroxylation sites is 1. The molecule has 23 heavy (non-hydrogen) atoms. The molecule has 2 N–H and O–H groups in total. The van der Waals surface area contributed by atoms with Crippen molar-refractivity contribution in [3.8, 4) is 0 Å². The summed E-state index contributed by atoms with van der Waals surface area (Å²) in [6.45, 7) is 4.25. The Morgan fingerprint density at radius 3 is 2.30 bits per heavy atom. The van der Waals surface area contributed by atoms with Crippen molar-refractivity contribution in [2.24, 2.45) is 0 Å². The molecule has 5 nitrogen and oxygen atoms in total. The maximum absolute atomic E-state index is 12.0. The Balaban J connectivity index is 2.46. The van der Waals surface area contributed by atoms with Crippen LogP contribution >= 0.6 is 23.2 Å². The van der Waals surface area contributed by atoms with Gasteiger partial charge < -0.3 is 10.6 Å². The summed E-state index contributed by atoms with van der Waals surface area (Å²) < 4.78 is 0. The lowest BCUT2D eigenvalue weighted by molar-refractivity contribution is -0.123. The van der Waals surface area contributed by atoms with E-state index in [1.165, 1.54) is 0 Å². The summed E-state index contributed by atoms with van der Waals surface area (Å²) in [6, 6.07) is 5.13. The van der Waals surface area contributed by atoms with Crippen LogP contribution in [0, 0.1) is 0 Å². The second-order valence-electron chi connectivity index (χ2n) is 5.57. The molecule has 0 spiro atoms. The third kappa shape index (κ3) is 7.20. The Bertz CT molecular complexity index is 532. The zero-order valence-corrected chi connectivity index (χ0v) is 15.2. The van der Waals surface area contributed by atoms with Crippen LogP contribution in [-0.4, -0.2) is 42.9 Å². The van der Waals surface area contributed by atoms with Crippen molar-refractivity contribution in [3.63, 3.8) is 0 Å². The van der Waals surface area contributed by atoms with Crippen LogP contribution in [0.1, 0.15) is 26.7 Å². The van der Waals surface area contributed by atoms with E-state index >= 15 is 0 Å². The van der Waals surface area contributed by atoms with Gasteiger partial charge in [0.15, 0.2) is 0 Å². The van der Waals surface area contributed by atoms with Crippen molar-refractivity contribution >= 4 is 40.7 Å². The lowest BCUT2D eigenvalue weighted by Gasteiger charge is -2.18. The fourth-order valence-corrected chi connectivity index (χ4v) is 2.66. The minimum absolute atomic E-state index is 0.0666. The highest BCUT2D eigenvalue weighted by Crippen LogP contribution is 2.29. The molecular weight excluding hydrogens is 337 g/mol. The van der Waals surface area contributed by atoms with Crippen LogP contribution in [0.5, 0.6) is 0 Å². The van der Waals surface area contributed by atoms with Crippen molar-refractivity contribution < 1.29 is 9.59 Å². The molecule has 1 unspecified atom stereocenters. The third-order valence-electron chi connectivity index (χ3n) is 3.18. The van der Waals surface area contributed by atoms with E-state index < -0.39 is 0 Å². The normalized spacial score (nSPS) is 12.1. The third-order valence-corrected chi connectivity index (χ3v) is 3.81. The van der Waals surface area contributed by atoms with Crippen molar-refractivity contribution in [2.75, 3.05) is 25.5 Å². The number of anilines is 1. The molecule has 0 saturated heterocycles. The van der Waals surface area contributed by atoms with Gasteiger partial charge in [0.05, 0.1) is 28.8 Å². The van der Waals surface area contributed by atoms with E-state index in [4.69, 9.17) is 23.2 Å². The fourth-order valence-electron chi connectivity index (χ4n) is 2.17. The molecule has 0 radical (unpaired) electrons. The number of carbonyl (C=O) groups is 2. The number of amides is 2. The molecule has 1 aromatic rings. The molecule has 1 atom stereocenters. The quantitative estimate of drug-likeness (QED) is 0.749. The van der Waals surface area contributed by atoms with E-state index in [-0.39, 0.29) is 30.9 Å². The molecule has 2 amide bonds. The van der Waals surface area contributed by atoms with Gasteiger partial charge in [-0.3, -0.25) is 14.5 Å². The predicted molar refractivity (Wildman–Crippen MR) is 95.1 cm³/mol. The minimum Gasteiger partial charge on any atom is -0.353 e. The van der Waals surface area contributed by atoms with Crippen molar-refractivity contribution in [1.82, 2.24) is 10.2 Å². The molecule has 0 saturated carbocycles. The van der Waals surface area contributed by atoms with Crippen LogP contribution in [0.25, 0.3) is 0 Å². The van der Waals surface area contributed by atoms with Crippen LogP contribution in [0.2, 0.25) is 10.0 Å². The van der Waals surface area contributed by atoms with Crippen LogP contribution < -0.4 is 10.6 Å². The molecular formula is C16H23Cl2N3O2. The summed E-state index contributed by atoms with van der Waals surface area (Å²) in [7, 11) is 1.71. The number of nitrogens with zero attached hydrogens (tertiary/aromatic N) is 1. The lowest BCUT2D eigenvalue weighted by atomic mass is 10.2. The van der Waals surface area contributed by atoms with E-state index in [0.29, 0.717) is 15.7 Å². The SMILES string of the molecule is CCCC(C)NC(=O)CN(C)CC(=O)Nc1c(Cl)cccc1Cl. The highest BCUT2D eigenvalue weighted by molar-refractivity contribution is 6.39. The fraction of sp³-hybridized carbons (Fsp3) is 0.500. The van der Waals surface area contributed by atoms with Crippen LogP contribution in [-0.2, 0) is 9.59 Å². The lowest BCUT2D eigenvalue weighted by Crippen LogP contribution is -2.42. The second kappa shape index (κ2) is 9.75. The topological polar surface area (TPSA) is 61.4 Å². The van der Waals surface area contributed by atoms with Gasteiger partial charge >= 0.3 is 0 Å². The van der Waals surface area contributed by atoms with Crippen LogP contribution in [0.15, 0.2) is 18.2 Å². The number of carbonyl (C=O) groups excluding carboxylic acids is 2. The molecule has 7 heteroatoms. The number of hydrogen-bond donors (Lipinski definition) is 2. The van der Waals surface area contributed by atoms with Gasteiger partial charge in [0.2, 0.25) is 11.8 Å². The smallest absolute Gasteiger partial charge is 0.238 e. The summed E-state index contributed by atoms with van der Waals surface area (Å²) in [6.07, 6.45) is 1.94. The Morgan fingerprint density at radius 1 is 1.17 bits per heavy atom. The number of nitrogens with one attached hydrogen (secondary N) is 2. The molecule has 0 fully saturated rings. The first-order chi connectivity index (χ1) is 10.8. The summed E-state index contributed by atoms with van der Waals surface area (Å²) in [5, 5.41) is 6.32. The van der Waals surface area contributed by atoms with E-state index in [9.17, 15) is 9.59 Å². The van der Waals surface area contributed by atoms with E-state index in [1.54, 1.807) is 30.1 Å². The van der Waals surface area contributed by atoms with Crippen LogP contribution in [0.4, 0.5) is 5.69 Å². The highest BCUT2D eigenvalue weighted by atomic mass is 35.5.